The number of hydrogen-bond acceptors (Lipinski definition) is 3. The summed E-state index contributed by atoms with van der Waals surface area (Å²) in [6, 6.07) is 17.6. The van der Waals surface area contributed by atoms with Gasteiger partial charge in [-0.2, -0.15) is 0 Å². The van der Waals surface area contributed by atoms with Crippen molar-refractivity contribution >= 4 is 6.09 Å². The molecule has 2 aromatic carbocycles. The summed E-state index contributed by atoms with van der Waals surface area (Å²) in [4.78, 5) is 13.3. The number of rotatable bonds is 7. The number of nitrogens with zero attached hydrogens (tertiary/aromatic N) is 1. The lowest BCUT2D eigenvalue weighted by atomic mass is 9.88. The van der Waals surface area contributed by atoms with Crippen LogP contribution in [0.25, 0.3) is 0 Å². The zero-order valence-corrected chi connectivity index (χ0v) is 15.5. The predicted molar refractivity (Wildman–Crippen MR) is 104 cm³/mol. The fraction of sp³-hybridized carbons (Fsp3) is 0.318. The molecular formula is C22H25NO4. The minimum atomic E-state index is -0.943. The van der Waals surface area contributed by atoms with Crippen molar-refractivity contribution in [1.82, 2.24) is 4.90 Å². The Bertz CT molecular complexity index is 775. The van der Waals surface area contributed by atoms with Crippen LogP contribution in [-0.2, 0) is 17.8 Å². The second-order valence-electron chi connectivity index (χ2n) is 6.85. The molecule has 0 radical (unpaired) electrons. The fourth-order valence-electron chi connectivity index (χ4n) is 3.65. The highest BCUT2D eigenvalue weighted by atomic mass is 16.5. The van der Waals surface area contributed by atoms with E-state index in [1.165, 1.54) is 4.90 Å². The molecular weight excluding hydrogens is 342 g/mol. The molecule has 1 saturated heterocycles. The van der Waals surface area contributed by atoms with Gasteiger partial charge in [0.1, 0.15) is 5.75 Å². The van der Waals surface area contributed by atoms with Crippen LogP contribution in [0.2, 0.25) is 0 Å². The maximum absolute atomic E-state index is 11.9. The van der Waals surface area contributed by atoms with E-state index in [1.807, 2.05) is 54.6 Å². The Kier molecular flexibility index (Phi) is 5.81. The molecule has 1 aliphatic rings. The van der Waals surface area contributed by atoms with Crippen LogP contribution in [0.4, 0.5) is 4.79 Å². The van der Waals surface area contributed by atoms with E-state index >= 15 is 0 Å². The normalized spacial score (nSPS) is 21.8. The average Bonchev–Trinajstić information content (AvgIpc) is 3.07. The van der Waals surface area contributed by atoms with Gasteiger partial charge in [-0.15, -0.1) is 6.58 Å². The standard InChI is InChI=1S/C22H25NO4/c1-3-22(13-17-7-5-4-6-8-17)14-20(15-23(22)21(24)25)27-16-18-9-11-19(26-2)12-10-18/h3-12,20H,1,13-16H2,2H3,(H,24,25)/t20-,22+/m1/s1. The van der Waals surface area contributed by atoms with E-state index in [9.17, 15) is 9.90 Å². The zero-order chi connectivity index (χ0) is 19.3. The first-order valence-corrected chi connectivity index (χ1v) is 8.99. The van der Waals surface area contributed by atoms with Gasteiger partial charge >= 0.3 is 6.09 Å². The molecule has 3 rings (SSSR count). The van der Waals surface area contributed by atoms with Crippen molar-refractivity contribution in [1.29, 1.82) is 0 Å². The van der Waals surface area contributed by atoms with E-state index < -0.39 is 11.6 Å². The monoisotopic (exact) mass is 367 g/mol. The van der Waals surface area contributed by atoms with Gasteiger partial charge in [-0.05, 0) is 29.7 Å². The number of likely N-dealkylation sites (tertiary alicyclic amines) is 1. The van der Waals surface area contributed by atoms with Crippen LogP contribution >= 0.6 is 0 Å². The third kappa shape index (κ3) is 4.31. The molecule has 1 fully saturated rings. The highest BCUT2D eigenvalue weighted by molar-refractivity contribution is 5.67. The second-order valence-corrected chi connectivity index (χ2v) is 6.85. The number of methoxy groups -OCH3 is 1. The Hall–Kier alpha value is -2.79. The van der Waals surface area contributed by atoms with Crippen molar-refractivity contribution in [2.75, 3.05) is 13.7 Å². The van der Waals surface area contributed by atoms with E-state index in [4.69, 9.17) is 9.47 Å². The van der Waals surface area contributed by atoms with Gasteiger partial charge in [0, 0.05) is 6.42 Å². The second kappa shape index (κ2) is 8.27. The lowest BCUT2D eigenvalue weighted by molar-refractivity contribution is 0.0464. The summed E-state index contributed by atoms with van der Waals surface area (Å²) in [7, 11) is 1.63. The van der Waals surface area contributed by atoms with Crippen molar-refractivity contribution in [3.05, 3.63) is 78.4 Å². The predicted octanol–water partition coefficient (Wildman–Crippen LogP) is 4.13. The minimum Gasteiger partial charge on any atom is -0.497 e. The molecule has 1 heterocycles. The first kappa shape index (κ1) is 19.0. The van der Waals surface area contributed by atoms with Gasteiger partial charge < -0.3 is 14.6 Å². The number of ether oxygens (including phenoxy) is 2. The van der Waals surface area contributed by atoms with Crippen molar-refractivity contribution in [3.63, 3.8) is 0 Å². The summed E-state index contributed by atoms with van der Waals surface area (Å²) in [5.41, 5.74) is 1.45. The van der Waals surface area contributed by atoms with E-state index in [2.05, 4.69) is 6.58 Å². The van der Waals surface area contributed by atoms with Gasteiger partial charge in [0.15, 0.2) is 0 Å². The summed E-state index contributed by atoms with van der Waals surface area (Å²) >= 11 is 0. The minimum absolute atomic E-state index is 0.176. The Labute approximate surface area is 159 Å². The number of carboxylic acid groups (broad SMARTS) is 1. The molecule has 1 aliphatic heterocycles. The fourth-order valence-corrected chi connectivity index (χ4v) is 3.65. The summed E-state index contributed by atoms with van der Waals surface area (Å²) in [6.07, 6.45) is 1.82. The molecule has 2 atom stereocenters. The quantitative estimate of drug-likeness (QED) is 0.748. The maximum atomic E-state index is 11.9. The molecule has 0 aromatic heterocycles. The number of benzene rings is 2. The molecule has 1 N–H and O–H groups in total. The van der Waals surface area contributed by atoms with Crippen molar-refractivity contribution < 1.29 is 19.4 Å². The summed E-state index contributed by atoms with van der Waals surface area (Å²) in [6.45, 7) is 4.71. The number of hydrogen-bond donors (Lipinski definition) is 1. The van der Waals surface area contributed by atoms with Gasteiger partial charge in [0.05, 0.1) is 31.9 Å². The smallest absolute Gasteiger partial charge is 0.408 e. The molecule has 142 valence electrons. The average molecular weight is 367 g/mol. The summed E-state index contributed by atoms with van der Waals surface area (Å²) < 4.78 is 11.2. The van der Waals surface area contributed by atoms with Crippen molar-refractivity contribution in [2.24, 2.45) is 0 Å². The van der Waals surface area contributed by atoms with Crippen LogP contribution < -0.4 is 4.74 Å². The number of carbonyl (C=O) groups is 1. The molecule has 0 aliphatic carbocycles. The highest BCUT2D eigenvalue weighted by Gasteiger charge is 2.46. The van der Waals surface area contributed by atoms with Crippen LogP contribution in [0.3, 0.4) is 0 Å². The zero-order valence-electron chi connectivity index (χ0n) is 15.5. The third-order valence-electron chi connectivity index (χ3n) is 5.11. The molecule has 0 saturated carbocycles. The largest absolute Gasteiger partial charge is 0.497 e. The molecule has 5 nitrogen and oxygen atoms in total. The third-order valence-corrected chi connectivity index (χ3v) is 5.11. The molecule has 2 aromatic rings. The van der Waals surface area contributed by atoms with E-state index in [1.54, 1.807) is 13.2 Å². The Morgan fingerprint density at radius 1 is 1.22 bits per heavy atom. The van der Waals surface area contributed by atoms with Gasteiger partial charge in [-0.3, -0.25) is 4.90 Å². The molecule has 27 heavy (non-hydrogen) atoms. The van der Waals surface area contributed by atoms with E-state index in [0.29, 0.717) is 26.0 Å². The van der Waals surface area contributed by atoms with E-state index in [0.717, 1.165) is 16.9 Å². The van der Waals surface area contributed by atoms with Crippen molar-refractivity contribution in [2.45, 2.75) is 31.1 Å². The Morgan fingerprint density at radius 3 is 2.52 bits per heavy atom. The van der Waals surface area contributed by atoms with Gasteiger partial charge in [-0.25, -0.2) is 4.79 Å². The van der Waals surface area contributed by atoms with Crippen LogP contribution in [0.5, 0.6) is 5.75 Å². The van der Waals surface area contributed by atoms with Crippen LogP contribution in [0.15, 0.2) is 67.3 Å². The molecule has 0 bridgehead atoms. The first-order chi connectivity index (χ1) is 13.1. The van der Waals surface area contributed by atoms with Crippen LogP contribution in [0.1, 0.15) is 17.5 Å². The Morgan fingerprint density at radius 2 is 1.93 bits per heavy atom. The van der Waals surface area contributed by atoms with Crippen LogP contribution in [0, 0.1) is 0 Å². The lowest BCUT2D eigenvalue weighted by Gasteiger charge is -2.33. The molecule has 0 unspecified atom stereocenters. The summed E-state index contributed by atoms with van der Waals surface area (Å²) in [5.74, 6) is 0.796. The van der Waals surface area contributed by atoms with Crippen LogP contribution in [-0.4, -0.2) is 41.4 Å². The lowest BCUT2D eigenvalue weighted by Crippen LogP contribution is -2.46. The van der Waals surface area contributed by atoms with E-state index in [-0.39, 0.29) is 6.10 Å². The van der Waals surface area contributed by atoms with Gasteiger partial charge in [0.25, 0.3) is 0 Å². The van der Waals surface area contributed by atoms with Gasteiger partial charge in [-0.1, -0.05) is 48.5 Å². The maximum Gasteiger partial charge on any atom is 0.408 e. The molecule has 5 heteroatoms. The molecule has 0 spiro atoms. The number of amides is 1. The van der Waals surface area contributed by atoms with Gasteiger partial charge in [0.2, 0.25) is 0 Å². The Balaban J connectivity index is 1.71. The highest BCUT2D eigenvalue weighted by Crippen LogP contribution is 2.36. The SMILES string of the molecule is C=C[C@]1(Cc2ccccc2)C[C@@H](OCc2ccc(OC)cc2)CN1C(=O)O. The van der Waals surface area contributed by atoms with Crippen molar-refractivity contribution in [3.8, 4) is 5.75 Å². The summed E-state index contributed by atoms with van der Waals surface area (Å²) in [5, 5.41) is 9.73. The molecule has 1 amide bonds. The topological polar surface area (TPSA) is 59.0 Å². The first-order valence-electron chi connectivity index (χ1n) is 8.99.